The number of piperidine rings is 1. The van der Waals surface area contributed by atoms with Crippen LogP contribution < -0.4 is 10.9 Å². The number of nitrogens with zero attached hydrogens (tertiary/aromatic N) is 2. The van der Waals surface area contributed by atoms with Crippen molar-refractivity contribution in [2.45, 2.75) is 38.8 Å². The molecule has 1 saturated heterocycles. The van der Waals surface area contributed by atoms with Gasteiger partial charge in [-0.1, -0.05) is 36.4 Å². The van der Waals surface area contributed by atoms with Gasteiger partial charge in [-0.3, -0.25) is 14.4 Å². The Hall–Kier alpha value is -3.19. The molecule has 3 aromatic rings. The van der Waals surface area contributed by atoms with Gasteiger partial charge in [0, 0.05) is 31.9 Å². The van der Waals surface area contributed by atoms with E-state index >= 15 is 0 Å². The van der Waals surface area contributed by atoms with E-state index in [1.165, 1.54) is 11.3 Å². The van der Waals surface area contributed by atoms with Gasteiger partial charge in [-0.2, -0.15) is 0 Å². The maximum Gasteiger partial charge on any atom is 0.263 e. The number of benzene rings is 1. The first-order valence-electron chi connectivity index (χ1n) is 10.9. The van der Waals surface area contributed by atoms with Crippen molar-refractivity contribution < 1.29 is 9.59 Å². The predicted molar refractivity (Wildman–Crippen MR) is 126 cm³/mol. The summed E-state index contributed by atoms with van der Waals surface area (Å²) in [6.45, 7) is 3.43. The van der Waals surface area contributed by atoms with E-state index in [9.17, 15) is 14.4 Å². The summed E-state index contributed by atoms with van der Waals surface area (Å²) in [4.78, 5) is 41.3. The number of aromatic nitrogens is 1. The van der Waals surface area contributed by atoms with Crippen LogP contribution in [-0.4, -0.2) is 40.4 Å². The van der Waals surface area contributed by atoms with Gasteiger partial charge in [-0.25, -0.2) is 0 Å². The van der Waals surface area contributed by atoms with Crippen molar-refractivity contribution in [3.05, 3.63) is 92.0 Å². The Balaban J connectivity index is 1.44. The van der Waals surface area contributed by atoms with Crippen LogP contribution in [0.5, 0.6) is 0 Å². The fraction of sp³-hybridized carbons (Fsp3) is 0.320. The van der Waals surface area contributed by atoms with Crippen LogP contribution in [0.1, 0.15) is 44.0 Å². The van der Waals surface area contributed by atoms with Gasteiger partial charge in [0.2, 0.25) is 0 Å². The van der Waals surface area contributed by atoms with Gasteiger partial charge in [0.1, 0.15) is 5.56 Å². The molecule has 3 heterocycles. The molecule has 2 amide bonds. The van der Waals surface area contributed by atoms with Crippen molar-refractivity contribution >= 4 is 23.2 Å². The zero-order chi connectivity index (χ0) is 22.5. The maximum atomic E-state index is 13.1. The molecule has 1 aromatic carbocycles. The van der Waals surface area contributed by atoms with E-state index in [2.05, 4.69) is 5.32 Å². The summed E-state index contributed by atoms with van der Waals surface area (Å²) in [5, 5.41) is 4.89. The highest BCUT2D eigenvalue weighted by Gasteiger charge is 2.27. The third-order valence-corrected chi connectivity index (χ3v) is 6.72. The number of amides is 2. The van der Waals surface area contributed by atoms with Crippen molar-refractivity contribution in [2.24, 2.45) is 0 Å². The van der Waals surface area contributed by atoms with Crippen molar-refractivity contribution in [3.63, 3.8) is 0 Å². The highest BCUT2D eigenvalue weighted by Crippen LogP contribution is 2.17. The summed E-state index contributed by atoms with van der Waals surface area (Å²) in [5.41, 5.74) is 1.71. The molecule has 0 radical (unpaired) electrons. The van der Waals surface area contributed by atoms with Gasteiger partial charge >= 0.3 is 0 Å². The molecule has 4 rings (SSSR count). The molecule has 1 N–H and O–H groups in total. The lowest BCUT2D eigenvalue weighted by molar-refractivity contribution is 0.0680. The number of rotatable bonds is 6. The zero-order valence-corrected chi connectivity index (χ0v) is 18.9. The normalized spacial score (nSPS) is 16.0. The molecule has 0 spiro atoms. The average molecular weight is 450 g/mol. The molecule has 7 heteroatoms. The Bertz CT molecular complexity index is 1140. The molecule has 0 bridgehead atoms. The smallest absolute Gasteiger partial charge is 0.263 e. The Morgan fingerprint density at radius 3 is 2.69 bits per heavy atom. The number of nitrogens with one attached hydrogen (secondary N) is 1. The van der Waals surface area contributed by atoms with Gasteiger partial charge in [0.05, 0.1) is 4.88 Å². The molecule has 1 aliphatic heterocycles. The second-order valence-electron chi connectivity index (χ2n) is 8.15. The van der Waals surface area contributed by atoms with Crippen LogP contribution in [0, 0.1) is 6.92 Å². The molecular formula is C25H27N3O3S. The van der Waals surface area contributed by atoms with E-state index in [1.807, 2.05) is 53.9 Å². The third kappa shape index (κ3) is 4.99. The minimum Gasteiger partial charge on any atom is -0.347 e. The summed E-state index contributed by atoms with van der Waals surface area (Å²) >= 11 is 1.42. The number of thiophene rings is 1. The van der Waals surface area contributed by atoms with Crippen LogP contribution in [0.2, 0.25) is 0 Å². The number of hydrogen-bond donors (Lipinski definition) is 1. The number of carbonyl (C=O) groups is 2. The maximum absolute atomic E-state index is 13.1. The predicted octanol–water partition coefficient (Wildman–Crippen LogP) is 3.50. The highest BCUT2D eigenvalue weighted by molar-refractivity contribution is 7.12. The van der Waals surface area contributed by atoms with Crippen LogP contribution in [0.15, 0.2) is 64.9 Å². The standard InChI is InChI=1S/C25H27N3O3S/c1-18-11-14-27(15-12-19-7-3-2-4-8-19)25(31)22(18)23(29)26-20-9-5-13-28(17-20)24(30)21-10-6-16-32-21/h2-4,6-8,10-11,14,16,20H,5,9,12-13,15,17H2,1H3,(H,26,29). The van der Waals surface area contributed by atoms with Crippen LogP contribution in [0.3, 0.4) is 0 Å². The van der Waals surface area contributed by atoms with Crippen LogP contribution in [-0.2, 0) is 13.0 Å². The molecule has 1 aliphatic rings. The monoisotopic (exact) mass is 449 g/mol. The third-order valence-electron chi connectivity index (χ3n) is 5.86. The van der Waals surface area contributed by atoms with E-state index in [0.717, 1.165) is 18.4 Å². The van der Waals surface area contributed by atoms with Crippen molar-refractivity contribution in [1.29, 1.82) is 0 Å². The lowest BCUT2D eigenvalue weighted by Crippen LogP contribution is -2.50. The zero-order valence-electron chi connectivity index (χ0n) is 18.1. The van der Waals surface area contributed by atoms with E-state index in [4.69, 9.17) is 0 Å². The summed E-state index contributed by atoms with van der Waals surface area (Å²) in [6, 6.07) is 15.3. The minimum absolute atomic E-state index is 0.00175. The van der Waals surface area contributed by atoms with Gasteiger partial charge in [-0.05, 0) is 54.8 Å². The summed E-state index contributed by atoms with van der Waals surface area (Å²) in [7, 11) is 0. The first kappa shape index (κ1) is 22.0. The Morgan fingerprint density at radius 2 is 1.94 bits per heavy atom. The van der Waals surface area contributed by atoms with Crippen molar-refractivity contribution in [3.8, 4) is 0 Å². The van der Waals surface area contributed by atoms with Crippen LogP contribution >= 0.6 is 11.3 Å². The SMILES string of the molecule is Cc1ccn(CCc2ccccc2)c(=O)c1C(=O)NC1CCCN(C(=O)c2cccs2)C1. The molecule has 6 nitrogen and oxygen atoms in total. The molecule has 0 saturated carbocycles. The lowest BCUT2D eigenvalue weighted by Gasteiger charge is -2.33. The van der Waals surface area contributed by atoms with Gasteiger partial charge in [0.15, 0.2) is 0 Å². The molecule has 0 aliphatic carbocycles. The Labute approximate surface area is 191 Å². The molecule has 32 heavy (non-hydrogen) atoms. The average Bonchev–Trinajstić information content (AvgIpc) is 3.34. The van der Waals surface area contributed by atoms with Gasteiger partial charge < -0.3 is 14.8 Å². The number of hydrogen-bond acceptors (Lipinski definition) is 4. The minimum atomic E-state index is -0.364. The molecule has 166 valence electrons. The van der Waals surface area contributed by atoms with Crippen molar-refractivity contribution in [1.82, 2.24) is 14.8 Å². The van der Waals surface area contributed by atoms with Crippen molar-refractivity contribution in [2.75, 3.05) is 13.1 Å². The molecule has 1 fully saturated rings. The van der Waals surface area contributed by atoms with Crippen LogP contribution in [0.4, 0.5) is 0 Å². The van der Waals surface area contributed by atoms with Gasteiger partial charge in [0.25, 0.3) is 17.4 Å². The summed E-state index contributed by atoms with van der Waals surface area (Å²) in [5.74, 6) is -0.366. The highest BCUT2D eigenvalue weighted by atomic mass is 32.1. The Morgan fingerprint density at radius 1 is 1.12 bits per heavy atom. The number of aryl methyl sites for hydroxylation is 3. The first-order chi connectivity index (χ1) is 15.5. The largest absolute Gasteiger partial charge is 0.347 e. The topological polar surface area (TPSA) is 71.4 Å². The summed E-state index contributed by atoms with van der Waals surface area (Å²) in [6.07, 6.45) is 4.07. The number of pyridine rings is 1. The fourth-order valence-corrected chi connectivity index (χ4v) is 4.80. The lowest BCUT2D eigenvalue weighted by atomic mass is 10.0. The molecule has 1 unspecified atom stereocenters. The van der Waals surface area contributed by atoms with Gasteiger partial charge in [-0.15, -0.1) is 11.3 Å². The fourth-order valence-electron chi connectivity index (χ4n) is 4.10. The van der Waals surface area contributed by atoms with E-state index in [-0.39, 0.29) is 29.0 Å². The molecular weight excluding hydrogens is 422 g/mol. The van der Waals surface area contributed by atoms with E-state index in [0.29, 0.717) is 36.5 Å². The quantitative estimate of drug-likeness (QED) is 0.626. The first-order valence-corrected chi connectivity index (χ1v) is 11.8. The number of carbonyl (C=O) groups excluding carboxylic acids is 2. The van der Waals surface area contributed by atoms with Crippen LogP contribution in [0.25, 0.3) is 0 Å². The molecule has 1 atom stereocenters. The van der Waals surface area contributed by atoms with E-state index < -0.39 is 0 Å². The number of likely N-dealkylation sites (tertiary alicyclic amines) is 1. The second kappa shape index (κ2) is 9.96. The Kier molecular flexibility index (Phi) is 6.85. The second-order valence-corrected chi connectivity index (χ2v) is 9.10. The summed E-state index contributed by atoms with van der Waals surface area (Å²) < 4.78 is 1.60. The van der Waals surface area contributed by atoms with E-state index in [1.54, 1.807) is 22.6 Å². The molecule has 2 aromatic heterocycles.